The lowest BCUT2D eigenvalue weighted by Gasteiger charge is -2.40. The highest BCUT2D eigenvalue weighted by Gasteiger charge is 2.26. The van der Waals surface area contributed by atoms with Gasteiger partial charge in [0.05, 0.1) is 0 Å². The zero-order chi connectivity index (χ0) is 15.1. The maximum absolute atomic E-state index is 12.1. The third-order valence-electron chi connectivity index (χ3n) is 4.62. The molecule has 1 heterocycles. The van der Waals surface area contributed by atoms with E-state index in [0.717, 1.165) is 45.6 Å². The molecule has 0 radical (unpaired) electrons. The number of carbonyl (C=O) groups excluding carboxylic acids is 1. The molecule has 1 aliphatic rings. The molecule has 1 saturated heterocycles. The summed E-state index contributed by atoms with van der Waals surface area (Å²) >= 11 is 0. The van der Waals surface area contributed by atoms with Crippen molar-refractivity contribution in [3.63, 3.8) is 0 Å². The second-order valence-corrected chi connectivity index (χ2v) is 6.41. The Morgan fingerprint density at radius 2 is 1.65 bits per heavy atom. The van der Waals surface area contributed by atoms with Gasteiger partial charge in [0.2, 0.25) is 5.91 Å². The second-order valence-electron chi connectivity index (χ2n) is 6.41. The van der Waals surface area contributed by atoms with Gasteiger partial charge in [0.1, 0.15) is 0 Å². The monoisotopic (exact) mass is 283 g/mol. The molecule has 0 bridgehead atoms. The van der Waals surface area contributed by atoms with Crippen molar-refractivity contribution in [1.29, 1.82) is 0 Å². The minimum atomic E-state index is 0.176. The van der Waals surface area contributed by atoms with Crippen LogP contribution in [0.4, 0.5) is 0 Å². The van der Waals surface area contributed by atoms with Gasteiger partial charge in [0, 0.05) is 44.7 Å². The normalized spacial score (nSPS) is 19.6. The van der Waals surface area contributed by atoms with Crippen LogP contribution in [0.15, 0.2) is 0 Å². The van der Waals surface area contributed by atoms with Crippen molar-refractivity contribution >= 4 is 5.91 Å². The molecule has 1 atom stereocenters. The molecule has 1 amide bonds. The largest absolute Gasteiger partial charge is 0.354 e. The molecule has 0 spiro atoms. The predicted molar refractivity (Wildman–Crippen MR) is 84.8 cm³/mol. The van der Waals surface area contributed by atoms with Crippen molar-refractivity contribution in [1.82, 2.24) is 15.1 Å². The Morgan fingerprint density at radius 1 is 1.10 bits per heavy atom. The minimum absolute atomic E-state index is 0.176. The summed E-state index contributed by atoms with van der Waals surface area (Å²) in [5, 5.41) is 3.18. The van der Waals surface area contributed by atoms with Crippen LogP contribution < -0.4 is 5.32 Å². The van der Waals surface area contributed by atoms with Gasteiger partial charge >= 0.3 is 0 Å². The Labute approximate surface area is 124 Å². The molecule has 1 aliphatic heterocycles. The van der Waals surface area contributed by atoms with E-state index in [0.29, 0.717) is 12.0 Å². The predicted octanol–water partition coefficient (Wildman–Crippen LogP) is 1.81. The lowest BCUT2D eigenvalue weighted by atomic mass is 9.99. The van der Waals surface area contributed by atoms with Crippen molar-refractivity contribution in [3.05, 3.63) is 0 Å². The summed E-state index contributed by atoms with van der Waals surface area (Å²) in [6.07, 6.45) is 1.87. The van der Waals surface area contributed by atoms with Gasteiger partial charge in [-0.25, -0.2) is 0 Å². The summed E-state index contributed by atoms with van der Waals surface area (Å²) in [5.41, 5.74) is 0. The Bertz CT molecular complexity index is 281. The fraction of sp³-hybridized carbons (Fsp3) is 0.938. The molecule has 118 valence electrons. The van der Waals surface area contributed by atoms with Gasteiger partial charge in [0.15, 0.2) is 0 Å². The van der Waals surface area contributed by atoms with Gasteiger partial charge < -0.3 is 10.2 Å². The first kappa shape index (κ1) is 17.4. The molecule has 1 rings (SSSR count). The molecule has 0 aliphatic carbocycles. The van der Waals surface area contributed by atoms with E-state index in [1.165, 1.54) is 0 Å². The summed E-state index contributed by atoms with van der Waals surface area (Å²) in [4.78, 5) is 17.0. The van der Waals surface area contributed by atoms with E-state index >= 15 is 0 Å². The Hall–Kier alpha value is -0.610. The quantitative estimate of drug-likeness (QED) is 0.774. The average molecular weight is 283 g/mol. The first-order chi connectivity index (χ1) is 9.49. The molecule has 1 N–H and O–H groups in total. The highest BCUT2D eigenvalue weighted by Crippen LogP contribution is 2.14. The molecule has 4 heteroatoms. The summed E-state index contributed by atoms with van der Waals surface area (Å²) in [6.45, 7) is 14.0. The van der Waals surface area contributed by atoms with Gasteiger partial charge in [-0.15, -0.1) is 0 Å². The number of nitrogens with one attached hydrogen (secondary N) is 1. The van der Waals surface area contributed by atoms with Crippen molar-refractivity contribution in [2.75, 3.05) is 39.8 Å². The number of hydrogen-bond acceptors (Lipinski definition) is 3. The molecule has 4 nitrogen and oxygen atoms in total. The topological polar surface area (TPSA) is 35.6 Å². The summed E-state index contributed by atoms with van der Waals surface area (Å²) in [7, 11) is 2.18. The SMILES string of the molecule is CCC(CC)C(=O)NCC(C(C)C)N1CCN(C)CC1. The number of likely N-dealkylation sites (N-methyl/N-ethyl adjacent to an activating group) is 1. The van der Waals surface area contributed by atoms with Gasteiger partial charge in [-0.05, 0) is 25.8 Å². The van der Waals surface area contributed by atoms with E-state index < -0.39 is 0 Å². The third-order valence-corrected chi connectivity index (χ3v) is 4.62. The van der Waals surface area contributed by atoms with E-state index in [1.807, 2.05) is 0 Å². The maximum Gasteiger partial charge on any atom is 0.223 e. The Balaban J connectivity index is 2.49. The summed E-state index contributed by atoms with van der Waals surface area (Å²) in [5.74, 6) is 0.977. The summed E-state index contributed by atoms with van der Waals surface area (Å²) < 4.78 is 0. The van der Waals surface area contributed by atoms with E-state index in [4.69, 9.17) is 0 Å². The number of rotatable bonds is 7. The van der Waals surface area contributed by atoms with Crippen LogP contribution in [0.3, 0.4) is 0 Å². The highest BCUT2D eigenvalue weighted by molar-refractivity contribution is 5.78. The number of carbonyl (C=O) groups is 1. The Morgan fingerprint density at radius 3 is 2.10 bits per heavy atom. The second kappa shape index (κ2) is 8.63. The number of amides is 1. The lowest BCUT2D eigenvalue weighted by molar-refractivity contribution is -0.125. The molecule has 1 fully saturated rings. The van der Waals surface area contributed by atoms with Gasteiger partial charge in [-0.3, -0.25) is 9.69 Å². The lowest BCUT2D eigenvalue weighted by Crippen LogP contribution is -2.54. The van der Waals surface area contributed by atoms with Crippen LogP contribution in [0.2, 0.25) is 0 Å². The fourth-order valence-corrected chi connectivity index (χ4v) is 2.95. The van der Waals surface area contributed by atoms with Crippen molar-refractivity contribution < 1.29 is 4.79 Å². The maximum atomic E-state index is 12.1. The van der Waals surface area contributed by atoms with Crippen molar-refractivity contribution in [2.24, 2.45) is 11.8 Å². The number of piperazine rings is 1. The van der Waals surface area contributed by atoms with Crippen molar-refractivity contribution in [3.8, 4) is 0 Å². The first-order valence-corrected chi connectivity index (χ1v) is 8.19. The summed E-state index contributed by atoms with van der Waals surface area (Å²) in [6, 6.07) is 0.460. The van der Waals surface area contributed by atoms with E-state index in [2.05, 4.69) is 49.9 Å². The standard InChI is InChI=1S/C16H33N3O/c1-6-14(7-2)16(20)17-12-15(13(3)4)19-10-8-18(5)9-11-19/h13-15H,6-12H2,1-5H3,(H,17,20). The molecule has 0 aromatic rings. The van der Waals surface area contributed by atoms with E-state index in [9.17, 15) is 4.79 Å². The molecule has 1 unspecified atom stereocenters. The van der Waals surface area contributed by atoms with Gasteiger partial charge in [0.25, 0.3) is 0 Å². The van der Waals surface area contributed by atoms with E-state index in [1.54, 1.807) is 0 Å². The average Bonchev–Trinajstić information content (AvgIpc) is 2.42. The molecule has 0 aromatic carbocycles. The fourth-order valence-electron chi connectivity index (χ4n) is 2.95. The zero-order valence-electron chi connectivity index (χ0n) is 14.0. The van der Waals surface area contributed by atoms with Crippen molar-refractivity contribution in [2.45, 2.75) is 46.6 Å². The molecule has 0 saturated carbocycles. The van der Waals surface area contributed by atoms with Crippen LogP contribution in [0.1, 0.15) is 40.5 Å². The Kier molecular flexibility index (Phi) is 7.52. The molecular weight excluding hydrogens is 250 g/mol. The van der Waals surface area contributed by atoms with Crippen LogP contribution in [0.25, 0.3) is 0 Å². The number of nitrogens with zero attached hydrogens (tertiary/aromatic N) is 2. The molecule has 20 heavy (non-hydrogen) atoms. The van der Waals surface area contributed by atoms with Crippen LogP contribution >= 0.6 is 0 Å². The van der Waals surface area contributed by atoms with Gasteiger partial charge in [-0.2, -0.15) is 0 Å². The first-order valence-electron chi connectivity index (χ1n) is 8.19. The molecule has 0 aromatic heterocycles. The van der Waals surface area contributed by atoms with E-state index in [-0.39, 0.29) is 11.8 Å². The minimum Gasteiger partial charge on any atom is -0.354 e. The van der Waals surface area contributed by atoms with Crippen LogP contribution in [-0.4, -0.2) is 61.5 Å². The zero-order valence-corrected chi connectivity index (χ0v) is 14.0. The van der Waals surface area contributed by atoms with Crippen LogP contribution in [-0.2, 0) is 4.79 Å². The molecular formula is C16H33N3O. The highest BCUT2D eigenvalue weighted by atomic mass is 16.1. The van der Waals surface area contributed by atoms with Gasteiger partial charge in [-0.1, -0.05) is 27.7 Å². The third kappa shape index (κ3) is 5.06. The number of hydrogen-bond donors (Lipinski definition) is 1. The smallest absolute Gasteiger partial charge is 0.223 e. The van der Waals surface area contributed by atoms with Crippen LogP contribution in [0, 0.1) is 11.8 Å². The van der Waals surface area contributed by atoms with Crippen LogP contribution in [0.5, 0.6) is 0 Å².